The number of hydrogen-bond acceptors (Lipinski definition) is 6. The normalized spacial score (nSPS) is 17.2. The number of fused-ring (bicyclic) bond motifs is 3. The van der Waals surface area contributed by atoms with Crippen LogP contribution in [0.2, 0.25) is 0 Å². The molecule has 5 rings (SSSR count). The van der Waals surface area contributed by atoms with Gasteiger partial charge < -0.3 is 14.5 Å². The van der Waals surface area contributed by atoms with Crippen LogP contribution < -0.4 is 14.5 Å². The van der Waals surface area contributed by atoms with Gasteiger partial charge >= 0.3 is 0 Å². The Bertz CT molecular complexity index is 962. The fourth-order valence-corrected chi connectivity index (χ4v) is 5.52. The van der Waals surface area contributed by atoms with Gasteiger partial charge in [0.2, 0.25) is 0 Å². The molecule has 3 heterocycles. The molecule has 1 aliphatic carbocycles. The van der Waals surface area contributed by atoms with Crippen molar-refractivity contribution in [2.45, 2.75) is 25.7 Å². The van der Waals surface area contributed by atoms with Crippen LogP contribution in [-0.2, 0) is 12.8 Å². The summed E-state index contributed by atoms with van der Waals surface area (Å²) >= 11 is 1.88. The first-order valence-electron chi connectivity index (χ1n) is 9.72. The van der Waals surface area contributed by atoms with E-state index in [2.05, 4.69) is 33.0 Å². The second-order valence-corrected chi connectivity index (χ2v) is 8.35. The summed E-state index contributed by atoms with van der Waals surface area (Å²) in [5.41, 5.74) is 2.75. The van der Waals surface area contributed by atoms with Gasteiger partial charge in [0.05, 0.1) is 12.5 Å². The van der Waals surface area contributed by atoms with Crippen molar-refractivity contribution in [2.75, 3.05) is 43.1 Å². The van der Waals surface area contributed by atoms with Crippen LogP contribution in [0.15, 0.2) is 30.6 Å². The lowest BCUT2D eigenvalue weighted by atomic mass is 9.97. The molecular formula is C21H24N4OS. The van der Waals surface area contributed by atoms with Crippen LogP contribution in [0.3, 0.4) is 0 Å². The van der Waals surface area contributed by atoms with Crippen LogP contribution in [0, 0.1) is 0 Å². The van der Waals surface area contributed by atoms with E-state index in [1.807, 2.05) is 17.4 Å². The Morgan fingerprint density at radius 2 is 1.81 bits per heavy atom. The summed E-state index contributed by atoms with van der Waals surface area (Å²) in [6.07, 6.45) is 6.73. The zero-order valence-electron chi connectivity index (χ0n) is 15.6. The molecule has 0 saturated carbocycles. The standard InChI is InChI=1S/C21H24N4OS/c1-26-16-6-4-5-15(13-16)24-9-11-25(12-10-24)20-19-17-7-2-3-8-18(17)27-21(19)23-14-22-20/h4-6,13-14H,2-3,7-12H2,1H3. The Balaban J connectivity index is 1.40. The van der Waals surface area contributed by atoms with Crippen molar-refractivity contribution in [3.63, 3.8) is 0 Å². The zero-order valence-corrected chi connectivity index (χ0v) is 16.5. The highest BCUT2D eigenvalue weighted by atomic mass is 32.1. The molecule has 1 fully saturated rings. The van der Waals surface area contributed by atoms with Gasteiger partial charge in [-0.2, -0.15) is 0 Å². The molecule has 27 heavy (non-hydrogen) atoms. The van der Waals surface area contributed by atoms with Gasteiger partial charge in [-0.05, 0) is 43.4 Å². The van der Waals surface area contributed by atoms with E-state index >= 15 is 0 Å². The van der Waals surface area contributed by atoms with Crippen LogP contribution in [-0.4, -0.2) is 43.3 Å². The second-order valence-electron chi connectivity index (χ2n) is 7.26. The van der Waals surface area contributed by atoms with Crippen molar-refractivity contribution < 1.29 is 4.74 Å². The van der Waals surface area contributed by atoms with Gasteiger partial charge in [0.25, 0.3) is 0 Å². The van der Waals surface area contributed by atoms with Crippen molar-refractivity contribution >= 4 is 33.1 Å². The minimum Gasteiger partial charge on any atom is -0.497 e. The highest BCUT2D eigenvalue weighted by molar-refractivity contribution is 7.19. The molecular weight excluding hydrogens is 356 g/mol. The van der Waals surface area contributed by atoms with Crippen LogP contribution in [0.4, 0.5) is 11.5 Å². The minimum absolute atomic E-state index is 0.914. The third kappa shape index (κ3) is 3.02. The summed E-state index contributed by atoms with van der Waals surface area (Å²) in [6.45, 7) is 3.94. The molecule has 2 aliphatic rings. The molecule has 3 aromatic rings. The van der Waals surface area contributed by atoms with Crippen LogP contribution >= 0.6 is 11.3 Å². The molecule has 2 aromatic heterocycles. The molecule has 0 bridgehead atoms. The second kappa shape index (κ2) is 7.00. The summed E-state index contributed by atoms with van der Waals surface area (Å²) in [5, 5.41) is 1.33. The van der Waals surface area contributed by atoms with E-state index in [0.29, 0.717) is 0 Å². The summed E-state index contributed by atoms with van der Waals surface area (Å²) in [6, 6.07) is 8.34. The fourth-order valence-electron chi connectivity index (χ4n) is 4.30. The van der Waals surface area contributed by atoms with Crippen molar-refractivity contribution in [1.29, 1.82) is 0 Å². The van der Waals surface area contributed by atoms with E-state index in [1.165, 1.54) is 52.0 Å². The zero-order chi connectivity index (χ0) is 18.2. The van der Waals surface area contributed by atoms with E-state index in [-0.39, 0.29) is 0 Å². The number of nitrogens with zero attached hydrogens (tertiary/aromatic N) is 4. The third-order valence-corrected chi connectivity index (χ3v) is 6.93. The van der Waals surface area contributed by atoms with Crippen LogP contribution in [0.5, 0.6) is 5.75 Å². The SMILES string of the molecule is COc1cccc(N2CCN(c3ncnc4sc5c(c34)CCCC5)CC2)c1. The lowest BCUT2D eigenvalue weighted by Crippen LogP contribution is -2.47. The number of aromatic nitrogens is 2. The van der Waals surface area contributed by atoms with Crippen molar-refractivity contribution in [3.05, 3.63) is 41.0 Å². The lowest BCUT2D eigenvalue weighted by Gasteiger charge is -2.37. The van der Waals surface area contributed by atoms with E-state index in [4.69, 9.17) is 9.72 Å². The van der Waals surface area contributed by atoms with Gasteiger partial charge in [0.1, 0.15) is 22.7 Å². The maximum absolute atomic E-state index is 5.38. The summed E-state index contributed by atoms with van der Waals surface area (Å²) in [7, 11) is 1.72. The van der Waals surface area contributed by atoms with Crippen LogP contribution in [0.25, 0.3) is 10.2 Å². The van der Waals surface area contributed by atoms with E-state index in [0.717, 1.165) is 37.7 Å². The number of thiophene rings is 1. The Hall–Kier alpha value is -2.34. The number of rotatable bonds is 3. The molecule has 5 nitrogen and oxygen atoms in total. The molecule has 1 aliphatic heterocycles. The summed E-state index contributed by atoms with van der Waals surface area (Å²) in [4.78, 5) is 16.9. The highest BCUT2D eigenvalue weighted by Crippen LogP contribution is 2.39. The molecule has 0 amide bonds. The van der Waals surface area contributed by atoms with Gasteiger partial charge in [-0.25, -0.2) is 9.97 Å². The number of benzene rings is 1. The predicted molar refractivity (Wildman–Crippen MR) is 111 cm³/mol. The van der Waals surface area contributed by atoms with Gasteiger partial charge in [-0.15, -0.1) is 11.3 Å². The molecule has 140 valence electrons. The number of aryl methyl sites for hydroxylation is 2. The smallest absolute Gasteiger partial charge is 0.141 e. The predicted octanol–water partition coefficient (Wildman–Crippen LogP) is 3.91. The molecule has 1 aromatic carbocycles. The van der Waals surface area contributed by atoms with E-state index in [9.17, 15) is 0 Å². The fraction of sp³-hybridized carbons (Fsp3) is 0.429. The molecule has 1 saturated heterocycles. The number of hydrogen-bond donors (Lipinski definition) is 0. The number of piperazine rings is 1. The first-order valence-corrected chi connectivity index (χ1v) is 10.5. The van der Waals surface area contributed by atoms with E-state index in [1.54, 1.807) is 13.4 Å². The average Bonchev–Trinajstić information content (AvgIpc) is 3.13. The monoisotopic (exact) mass is 380 g/mol. The molecule has 0 unspecified atom stereocenters. The topological polar surface area (TPSA) is 41.5 Å². The lowest BCUT2D eigenvalue weighted by molar-refractivity contribution is 0.414. The average molecular weight is 381 g/mol. The van der Waals surface area contributed by atoms with Crippen molar-refractivity contribution in [2.24, 2.45) is 0 Å². The maximum atomic E-state index is 5.38. The quantitative estimate of drug-likeness (QED) is 0.689. The molecule has 6 heteroatoms. The third-order valence-electron chi connectivity index (χ3n) is 5.73. The van der Waals surface area contributed by atoms with Gasteiger partial charge in [-0.3, -0.25) is 0 Å². The first-order chi connectivity index (χ1) is 13.3. The Kier molecular flexibility index (Phi) is 4.36. The summed E-state index contributed by atoms with van der Waals surface area (Å²) < 4.78 is 5.38. The Morgan fingerprint density at radius 1 is 1.00 bits per heavy atom. The summed E-state index contributed by atoms with van der Waals surface area (Å²) in [5.74, 6) is 2.06. The van der Waals surface area contributed by atoms with Crippen molar-refractivity contribution in [1.82, 2.24) is 9.97 Å². The number of anilines is 2. The maximum Gasteiger partial charge on any atom is 0.141 e. The molecule has 0 atom stereocenters. The molecule has 0 spiro atoms. The highest BCUT2D eigenvalue weighted by Gasteiger charge is 2.25. The Morgan fingerprint density at radius 3 is 2.67 bits per heavy atom. The van der Waals surface area contributed by atoms with Crippen molar-refractivity contribution in [3.8, 4) is 5.75 Å². The van der Waals surface area contributed by atoms with Crippen LogP contribution in [0.1, 0.15) is 23.3 Å². The molecule has 0 radical (unpaired) electrons. The van der Waals surface area contributed by atoms with Gasteiger partial charge in [0, 0.05) is 42.8 Å². The molecule has 0 N–H and O–H groups in total. The largest absolute Gasteiger partial charge is 0.497 e. The van der Waals surface area contributed by atoms with E-state index < -0.39 is 0 Å². The van der Waals surface area contributed by atoms with Gasteiger partial charge in [0.15, 0.2) is 0 Å². The van der Waals surface area contributed by atoms with Gasteiger partial charge in [-0.1, -0.05) is 6.07 Å². The first kappa shape index (κ1) is 16.8. The minimum atomic E-state index is 0.914. The Labute approximate surface area is 163 Å². The number of ether oxygens (including phenoxy) is 1. The number of methoxy groups -OCH3 is 1.